The van der Waals surface area contributed by atoms with Crippen molar-refractivity contribution < 1.29 is 114 Å². The fourth-order valence-corrected chi connectivity index (χ4v) is 17.7. The lowest BCUT2D eigenvalue weighted by Gasteiger charge is -2.43. The summed E-state index contributed by atoms with van der Waals surface area (Å²) in [7, 11) is 6.19. The van der Waals surface area contributed by atoms with Crippen molar-refractivity contribution in [1.29, 1.82) is 0 Å². The third-order valence-electron chi connectivity index (χ3n) is 25.2. The number of cyclic esters (lactones) is 1. The topological polar surface area (TPSA) is 409 Å². The van der Waals surface area contributed by atoms with Crippen molar-refractivity contribution in [3.05, 3.63) is 107 Å². The first-order valence-electron chi connectivity index (χ1n) is 46.5. The highest BCUT2D eigenvalue weighted by molar-refractivity contribution is 6.39. The third-order valence-corrected chi connectivity index (χ3v) is 25.2. The van der Waals surface area contributed by atoms with E-state index in [0.29, 0.717) is 242 Å². The van der Waals surface area contributed by atoms with Crippen LogP contribution in [0.2, 0.25) is 0 Å². The molecule has 6 N–H and O–H groups in total. The van der Waals surface area contributed by atoms with E-state index in [4.69, 9.17) is 92.0 Å². The molecule has 3 fully saturated rings. The summed E-state index contributed by atoms with van der Waals surface area (Å²) in [6, 6.07) is 10.9. The Bertz CT molecular complexity index is 4480. The molecule has 1 saturated carbocycles. The number of hydrogen-bond acceptors (Lipinski definition) is 30. The molecule has 130 heavy (non-hydrogen) atoms. The summed E-state index contributed by atoms with van der Waals surface area (Å²) in [5.41, 5.74) is 20.2. The maximum absolute atomic E-state index is 14.8. The van der Waals surface area contributed by atoms with Crippen LogP contribution in [0.15, 0.2) is 94.7 Å². The van der Waals surface area contributed by atoms with Crippen LogP contribution in [-0.2, 0) is 119 Å². The number of benzene rings is 2. The molecule has 2 aromatic carbocycles. The van der Waals surface area contributed by atoms with Crippen LogP contribution >= 0.6 is 0 Å². The fraction of sp³-hybridized carbons (Fsp3) is 0.670. The maximum Gasteiger partial charge on any atom is 0.329 e. The number of nitrogen functional groups attached to an aromatic ring is 2. The SMILES string of the molecule is CCOCCOCCOCCC(=O)N1CCc2cc(Cn3nc(-c4ccc5oc(N)nc5c4)c4c(N)ncnc43)ccc2C1.CCOCCOCCOCCOCCOCCCC(=O)O[C@@H]1CC[C@@H](C[C@@H](C)[C@@H]2C[C@@H](OC)[C@H](C)/C=C(\C)[C@@H](O)[C@@H](OC)C(=O)[C@H](C)C[C@H](C)/C=C/C=C/C=C(\C)[C@@H](OC)C[C@@H]3CC[C@@H](C)[C@@](O)(O3)C(=O)C(=O)N3CCCC[C@H]3C(=O)O2)C[C@H]1OC. The van der Waals surface area contributed by atoms with Crippen LogP contribution in [0.4, 0.5) is 11.8 Å². The smallest absolute Gasteiger partial charge is 0.329 e. The summed E-state index contributed by atoms with van der Waals surface area (Å²) >= 11 is 0. The minimum absolute atomic E-state index is 0.0242. The predicted octanol–water partition coefficient (Wildman–Crippen LogP) is 11.3. The monoisotopic (exact) mass is 1820 g/mol. The van der Waals surface area contributed by atoms with Crippen LogP contribution < -0.4 is 11.5 Å². The van der Waals surface area contributed by atoms with Crippen LogP contribution in [0.1, 0.15) is 175 Å². The summed E-state index contributed by atoms with van der Waals surface area (Å²) in [4.78, 5) is 99.7. The second-order valence-corrected chi connectivity index (χ2v) is 34.7. The van der Waals surface area contributed by atoms with Gasteiger partial charge in [0.1, 0.15) is 53.8 Å². The molecule has 7 heterocycles. The van der Waals surface area contributed by atoms with Crippen molar-refractivity contribution in [3.8, 4) is 11.3 Å². The van der Waals surface area contributed by atoms with Crippen LogP contribution in [-0.4, -0.2) is 288 Å². The Morgan fingerprint density at radius 2 is 1.35 bits per heavy atom. The van der Waals surface area contributed by atoms with Gasteiger partial charge in [0.15, 0.2) is 17.0 Å². The molecular formula is C97H145N9O24. The molecule has 722 valence electrons. The number of piperidine rings is 1. The number of amides is 2. The minimum Gasteiger partial charge on any atom is -0.460 e. The lowest BCUT2D eigenvalue weighted by atomic mass is 9.78. The Morgan fingerprint density at radius 1 is 0.677 bits per heavy atom. The van der Waals surface area contributed by atoms with E-state index in [1.807, 2.05) is 113 Å². The number of aliphatic hydroxyl groups is 2. The number of nitrogens with two attached hydrogens (primary N) is 2. The number of oxazole rings is 1. The average Bonchev–Trinajstić information content (AvgIpc) is 1.09. The molecule has 33 heteroatoms. The normalized spacial score (nSPS) is 27.1. The number of carbonyl (C=O) groups excluding carboxylic acids is 6. The molecular weight excluding hydrogens is 1680 g/mol. The highest BCUT2D eigenvalue weighted by atomic mass is 16.6. The Kier molecular flexibility index (Phi) is 44.3. The first-order valence-corrected chi connectivity index (χ1v) is 46.5. The van der Waals surface area contributed by atoms with Crippen LogP contribution in [0, 0.1) is 35.5 Å². The summed E-state index contributed by atoms with van der Waals surface area (Å²) in [6.45, 7) is 26.9. The Morgan fingerprint density at radius 3 is 2.02 bits per heavy atom. The lowest BCUT2D eigenvalue weighted by molar-refractivity contribution is -0.265. The van der Waals surface area contributed by atoms with Gasteiger partial charge in [-0.3, -0.25) is 24.0 Å². The second kappa shape index (κ2) is 54.7. The van der Waals surface area contributed by atoms with Gasteiger partial charge in [-0.1, -0.05) is 89.3 Å². The third kappa shape index (κ3) is 31.4. The lowest BCUT2D eigenvalue weighted by Crippen LogP contribution is -2.61. The molecule has 0 spiro atoms. The van der Waals surface area contributed by atoms with Gasteiger partial charge in [0, 0.05) is 110 Å². The minimum atomic E-state index is -2.44. The molecule has 5 aliphatic rings. The molecule has 2 amide bonds. The van der Waals surface area contributed by atoms with Crippen molar-refractivity contribution in [2.75, 3.05) is 159 Å². The van der Waals surface area contributed by atoms with Crippen molar-refractivity contribution in [3.63, 3.8) is 0 Å². The summed E-state index contributed by atoms with van der Waals surface area (Å²) < 4.78 is 93.4. The first kappa shape index (κ1) is 105. The zero-order valence-corrected chi connectivity index (χ0v) is 78.8. The molecule has 5 aromatic rings. The molecule has 0 unspecified atom stereocenters. The molecule has 3 aromatic heterocycles. The standard InChI is InChI=1S/C66H109NO19.C31H36N8O5/c1-13-79-30-31-81-34-35-83-37-36-82-33-32-80-29-19-23-59(68)84-54-27-25-51(41-58(54)77-11)40-47(5)57-43-56(76-10)46(4)39-49(7)61(70)62(78-12)60(69)48(6)38-44(2)20-15-14-16-21-45(3)55(75-9)42-52-26-24-50(8)66(74,86-52)63(71)64(72)67-28-18-17-22-53(67)65(73)85-57;1-2-41-11-12-43-14-13-42-10-8-26(40)38-9-7-21-15-20(3-4-23(21)18-38)17-39-30-27(29(32)34-19-35-30)28(37-39)22-5-6-25-24(16-22)36-31(33)44-25/h14-16,20-21,39,44,46-48,50-58,61-62,70,74H,13,17-19,22-38,40-43H2,1-12H3;3-6,15-16,19H,2,7-14,17-18H2,1H3,(H2,33,36)(H2,32,34,35)/b16-14+,20-15+,45-21+,49-39+;/t44-,46-,47-,48-,50-,51+,52+,53+,54-,55+,56-,57+,58-,61-,62+,66-;/m1./s1. The number of hydrogen-bond donors (Lipinski definition) is 4. The highest BCUT2D eigenvalue weighted by Gasteiger charge is 2.53. The van der Waals surface area contributed by atoms with E-state index in [-0.39, 0.29) is 79.3 Å². The number of ether oxygens (including phenoxy) is 15. The number of anilines is 2. The van der Waals surface area contributed by atoms with Gasteiger partial charge in [0.05, 0.1) is 129 Å². The highest BCUT2D eigenvalue weighted by Crippen LogP contribution is 2.40. The van der Waals surface area contributed by atoms with Gasteiger partial charge in [-0.2, -0.15) is 10.1 Å². The summed E-state index contributed by atoms with van der Waals surface area (Å²) in [5.74, 6) is -6.99. The quantitative estimate of drug-likeness (QED) is 0.0123. The molecule has 4 aliphatic heterocycles. The number of Topliss-reactive ketones (excluding diaryl/α,β-unsaturated/α-hetero) is 2. The van der Waals surface area contributed by atoms with E-state index < -0.39 is 84.1 Å². The van der Waals surface area contributed by atoms with E-state index in [0.717, 1.165) is 28.7 Å². The number of carbonyl (C=O) groups is 6. The molecule has 0 radical (unpaired) electrons. The Labute approximate surface area is 765 Å². The number of rotatable bonds is 38. The first-order chi connectivity index (χ1) is 62.7. The number of aliphatic hydroxyl groups excluding tert-OH is 1. The number of aromatic nitrogens is 5. The number of fused-ring (bicyclic) bond motifs is 6. The van der Waals surface area contributed by atoms with E-state index in [9.17, 15) is 39.0 Å². The zero-order chi connectivity index (χ0) is 93.7. The number of nitrogens with zero attached hydrogens (tertiary/aromatic N) is 7. The number of allylic oxidation sites excluding steroid dienone is 5. The Hall–Kier alpha value is -8.36. The molecule has 2 saturated heterocycles. The molecule has 10 rings (SSSR count). The molecule has 2 bridgehead atoms. The summed E-state index contributed by atoms with van der Waals surface area (Å²) in [6.07, 6.45) is 15.1. The van der Waals surface area contributed by atoms with Crippen molar-refractivity contribution in [2.24, 2.45) is 35.5 Å². The van der Waals surface area contributed by atoms with E-state index >= 15 is 0 Å². The second-order valence-electron chi connectivity index (χ2n) is 34.7. The van der Waals surface area contributed by atoms with Gasteiger partial charge < -0.3 is 107 Å². The van der Waals surface area contributed by atoms with Gasteiger partial charge in [-0.15, -0.1) is 0 Å². The van der Waals surface area contributed by atoms with Crippen LogP contribution in [0.25, 0.3) is 33.4 Å². The number of methoxy groups -OCH3 is 4. The predicted molar refractivity (Wildman–Crippen MR) is 488 cm³/mol. The van der Waals surface area contributed by atoms with Crippen LogP contribution in [0.3, 0.4) is 0 Å². The number of esters is 2. The number of ketones is 2. The fourth-order valence-electron chi connectivity index (χ4n) is 17.7. The average molecular weight is 1820 g/mol. The largest absolute Gasteiger partial charge is 0.460 e. The van der Waals surface area contributed by atoms with Crippen molar-refractivity contribution >= 4 is 69.3 Å². The van der Waals surface area contributed by atoms with E-state index in [1.54, 1.807) is 35.2 Å². The zero-order valence-electron chi connectivity index (χ0n) is 78.8. The molecule has 1 aliphatic carbocycles. The van der Waals surface area contributed by atoms with Gasteiger partial charge in [-0.25, -0.2) is 19.4 Å². The van der Waals surface area contributed by atoms with Gasteiger partial charge in [-0.05, 0) is 169 Å². The van der Waals surface area contributed by atoms with Crippen molar-refractivity contribution in [2.45, 2.75) is 239 Å². The Balaban J connectivity index is 0.000000358. The van der Waals surface area contributed by atoms with Gasteiger partial charge in [0.25, 0.3) is 17.7 Å². The molecule has 16 atom stereocenters. The molecule has 33 nitrogen and oxygen atoms in total. The van der Waals surface area contributed by atoms with Crippen molar-refractivity contribution in [1.82, 2.24) is 34.5 Å². The summed E-state index contributed by atoms with van der Waals surface area (Å²) in [5, 5.41) is 29.4. The van der Waals surface area contributed by atoms with Gasteiger partial charge in [0.2, 0.25) is 11.7 Å². The van der Waals surface area contributed by atoms with Crippen LogP contribution in [0.5, 0.6) is 0 Å². The van der Waals surface area contributed by atoms with Gasteiger partial charge >= 0.3 is 11.9 Å². The van der Waals surface area contributed by atoms with E-state index in [2.05, 4.69) is 33.2 Å². The van der Waals surface area contributed by atoms with E-state index in [1.165, 1.54) is 23.9 Å². The maximum atomic E-state index is 14.8.